The highest BCUT2D eigenvalue weighted by molar-refractivity contribution is 5.85. The Balaban J connectivity index is 1.81. The van der Waals surface area contributed by atoms with Crippen molar-refractivity contribution < 1.29 is 14.0 Å². The first-order valence-electron chi connectivity index (χ1n) is 8.38. The van der Waals surface area contributed by atoms with Gasteiger partial charge in [-0.3, -0.25) is 9.59 Å². The highest BCUT2D eigenvalue weighted by Gasteiger charge is 2.39. The summed E-state index contributed by atoms with van der Waals surface area (Å²) in [6, 6.07) is 6.05. The van der Waals surface area contributed by atoms with Gasteiger partial charge in [0.25, 0.3) is 0 Å². The molecule has 0 aromatic heterocycles. The van der Waals surface area contributed by atoms with E-state index in [2.05, 4.69) is 5.32 Å². The fourth-order valence-corrected chi connectivity index (χ4v) is 3.81. The first kappa shape index (κ1) is 16.0. The molecule has 1 N–H and O–H groups in total. The highest BCUT2D eigenvalue weighted by atomic mass is 19.1. The van der Waals surface area contributed by atoms with Crippen LogP contribution in [0.2, 0.25) is 0 Å². The number of nitrogens with one attached hydrogen (secondary N) is 1. The highest BCUT2D eigenvalue weighted by Crippen LogP contribution is 2.36. The van der Waals surface area contributed by atoms with Crippen LogP contribution in [0, 0.1) is 11.7 Å². The molecule has 0 bridgehead atoms. The second-order valence-corrected chi connectivity index (χ2v) is 6.64. The molecule has 124 valence electrons. The Morgan fingerprint density at radius 1 is 1.17 bits per heavy atom. The molecule has 1 aromatic rings. The zero-order chi connectivity index (χ0) is 16.4. The van der Waals surface area contributed by atoms with Gasteiger partial charge in [-0.15, -0.1) is 0 Å². The maximum absolute atomic E-state index is 13.2. The van der Waals surface area contributed by atoms with Crippen molar-refractivity contribution in [2.75, 3.05) is 7.05 Å². The van der Waals surface area contributed by atoms with Gasteiger partial charge in [-0.05, 0) is 37.0 Å². The Bertz CT molecular complexity index is 581. The van der Waals surface area contributed by atoms with Gasteiger partial charge in [0.05, 0.1) is 12.0 Å². The second-order valence-electron chi connectivity index (χ2n) is 6.64. The normalized spacial score (nSPS) is 25.7. The standard InChI is InChI=1S/C18H23FN2O2/c1-21-16(22)11-10-15(18(23)20-14-4-2-3-5-14)17(21)12-6-8-13(19)9-7-12/h6-9,14-15,17H,2-5,10-11H2,1H3,(H,20,23)/t15-,17+/m1/s1. The minimum atomic E-state index is -0.321. The van der Waals surface area contributed by atoms with Crippen LogP contribution < -0.4 is 5.32 Å². The van der Waals surface area contributed by atoms with Crippen LogP contribution in [0.1, 0.15) is 50.1 Å². The molecule has 1 saturated carbocycles. The third kappa shape index (κ3) is 3.38. The molecule has 2 aliphatic rings. The summed E-state index contributed by atoms with van der Waals surface area (Å²) in [5.74, 6) is -0.538. The number of benzene rings is 1. The van der Waals surface area contributed by atoms with E-state index >= 15 is 0 Å². The summed E-state index contributed by atoms with van der Waals surface area (Å²) in [6.45, 7) is 0. The van der Waals surface area contributed by atoms with Gasteiger partial charge >= 0.3 is 0 Å². The van der Waals surface area contributed by atoms with Crippen LogP contribution in [-0.2, 0) is 9.59 Å². The van der Waals surface area contributed by atoms with Crippen LogP contribution in [0.25, 0.3) is 0 Å². The largest absolute Gasteiger partial charge is 0.353 e. The number of piperidine rings is 1. The molecule has 23 heavy (non-hydrogen) atoms. The van der Waals surface area contributed by atoms with Crippen LogP contribution in [0.3, 0.4) is 0 Å². The third-order valence-electron chi connectivity index (χ3n) is 5.11. The second kappa shape index (κ2) is 6.69. The molecule has 1 aliphatic carbocycles. The fraction of sp³-hybridized carbons (Fsp3) is 0.556. The lowest BCUT2D eigenvalue weighted by Crippen LogP contribution is -2.48. The third-order valence-corrected chi connectivity index (χ3v) is 5.11. The van der Waals surface area contributed by atoms with E-state index in [1.165, 1.54) is 12.1 Å². The monoisotopic (exact) mass is 318 g/mol. The summed E-state index contributed by atoms with van der Waals surface area (Å²) in [7, 11) is 1.73. The summed E-state index contributed by atoms with van der Waals surface area (Å²) in [5, 5.41) is 3.14. The summed E-state index contributed by atoms with van der Waals surface area (Å²) in [6.07, 6.45) is 5.33. The zero-order valence-corrected chi connectivity index (χ0v) is 13.4. The molecular weight excluding hydrogens is 295 g/mol. The average molecular weight is 318 g/mol. The van der Waals surface area contributed by atoms with Crippen molar-refractivity contribution in [3.8, 4) is 0 Å². The zero-order valence-electron chi connectivity index (χ0n) is 13.4. The summed E-state index contributed by atoms with van der Waals surface area (Å²) < 4.78 is 13.2. The molecule has 2 amide bonds. The van der Waals surface area contributed by atoms with Gasteiger partial charge in [0.2, 0.25) is 11.8 Å². The topological polar surface area (TPSA) is 49.4 Å². The minimum absolute atomic E-state index is 0.0191. The number of halogens is 1. The van der Waals surface area contributed by atoms with Crippen molar-refractivity contribution in [2.24, 2.45) is 5.92 Å². The molecule has 0 radical (unpaired) electrons. The molecular formula is C18H23FN2O2. The van der Waals surface area contributed by atoms with Gasteiger partial charge < -0.3 is 10.2 Å². The van der Waals surface area contributed by atoms with E-state index in [9.17, 15) is 14.0 Å². The van der Waals surface area contributed by atoms with Crippen molar-refractivity contribution in [2.45, 2.75) is 50.6 Å². The van der Waals surface area contributed by atoms with Crippen LogP contribution >= 0.6 is 0 Å². The number of rotatable bonds is 3. The maximum Gasteiger partial charge on any atom is 0.225 e. The maximum atomic E-state index is 13.2. The van der Waals surface area contributed by atoms with Gasteiger partial charge in [-0.2, -0.15) is 0 Å². The molecule has 1 aromatic carbocycles. The van der Waals surface area contributed by atoms with Gasteiger partial charge in [0.15, 0.2) is 0 Å². The van der Waals surface area contributed by atoms with Crippen LogP contribution in [0.4, 0.5) is 4.39 Å². The molecule has 4 nitrogen and oxygen atoms in total. The predicted octanol–water partition coefficient (Wildman–Crippen LogP) is 2.79. The lowest BCUT2D eigenvalue weighted by molar-refractivity contribution is -0.141. The lowest BCUT2D eigenvalue weighted by atomic mass is 9.83. The number of carbonyl (C=O) groups is 2. The molecule has 1 aliphatic heterocycles. The Kier molecular flexibility index (Phi) is 4.64. The Morgan fingerprint density at radius 3 is 2.48 bits per heavy atom. The molecule has 0 spiro atoms. The van der Waals surface area contributed by atoms with E-state index in [0.717, 1.165) is 31.2 Å². The van der Waals surface area contributed by atoms with Crippen LogP contribution in [0.15, 0.2) is 24.3 Å². The number of likely N-dealkylation sites (tertiary alicyclic amines) is 1. The number of hydrogen-bond acceptors (Lipinski definition) is 2. The van der Waals surface area contributed by atoms with Gasteiger partial charge in [0.1, 0.15) is 5.82 Å². The van der Waals surface area contributed by atoms with E-state index < -0.39 is 0 Å². The number of amides is 2. The van der Waals surface area contributed by atoms with E-state index in [-0.39, 0.29) is 35.6 Å². The van der Waals surface area contributed by atoms with Gasteiger partial charge in [0, 0.05) is 19.5 Å². The van der Waals surface area contributed by atoms with E-state index in [0.29, 0.717) is 12.8 Å². The molecule has 5 heteroatoms. The average Bonchev–Trinajstić information content (AvgIpc) is 3.04. The summed E-state index contributed by atoms with van der Waals surface area (Å²) >= 11 is 0. The Hall–Kier alpha value is -1.91. The number of hydrogen-bond donors (Lipinski definition) is 1. The van der Waals surface area contributed by atoms with Gasteiger partial charge in [-0.1, -0.05) is 25.0 Å². The van der Waals surface area contributed by atoms with Crippen molar-refractivity contribution in [1.82, 2.24) is 10.2 Å². The van der Waals surface area contributed by atoms with E-state index in [1.807, 2.05) is 0 Å². The Morgan fingerprint density at radius 2 is 1.83 bits per heavy atom. The molecule has 1 saturated heterocycles. The molecule has 1 heterocycles. The lowest BCUT2D eigenvalue weighted by Gasteiger charge is -2.39. The first-order chi connectivity index (χ1) is 11.1. The van der Waals surface area contributed by atoms with E-state index in [4.69, 9.17) is 0 Å². The Labute approximate surface area is 136 Å². The predicted molar refractivity (Wildman–Crippen MR) is 85.0 cm³/mol. The summed E-state index contributed by atoms with van der Waals surface area (Å²) in [5.41, 5.74) is 0.813. The quantitative estimate of drug-likeness (QED) is 0.931. The molecule has 2 atom stereocenters. The smallest absolute Gasteiger partial charge is 0.225 e. The van der Waals surface area contributed by atoms with Gasteiger partial charge in [-0.25, -0.2) is 4.39 Å². The SMILES string of the molecule is CN1C(=O)CC[C@@H](C(=O)NC2CCCC2)[C@@H]1c1ccc(F)cc1. The first-order valence-corrected chi connectivity index (χ1v) is 8.38. The van der Waals surface area contributed by atoms with Crippen molar-refractivity contribution in [1.29, 1.82) is 0 Å². The van der Waals surface area contributed by atoms with E-state index in [1.54, 1.807) is 24.1 Å². The minimum Gasteiger partial charge on any atom is -0.353 e. The molecule has 3 rings (SSSR count). The van der Waals surface area contributed by atoms with Crippen LogP contribution in [0.5, 0.6) is 0 Å². The molecule has 0 unspecified atom stereocenters. The molecule has 2 fully saturated rings. The number of carbonyl (C=O) groups excluding carboxylic acids is 2. The van der Waals surface area contributed by atoms with Crippen molar-refractivity contribution in [3.63, 3.8) is 0 Å². The van der Waals surface area contributed by atoms with Crippen molar-refractivity contribution >= 4 is 11.8 Å². The number of nitrogens with zero attached hydrogens (tertiary/aromatic N) is 1. The van der Waals surface area contributed by atoms with Crippen molar-refractivity contribution in [3.05, 3.63) is 35.6 Å². The van der Waals surface area contributed by atoms with Crippen LogP contribution in [-0.4, -0.2) is 29.8 Å². The fourth-order valence-electron chi connectivity index (χ4n) is 3.81. The summed E-state index contributed by atoms with van der Waals surface area (Å²) in [4.78, 5) is 26.4.